The summed E-state index contributed by atoms with van der Waals surface area (Å²) in [5.41, 5.74) is 2.45. The molecule has 0 unspecified atom stereocenters. The molecular weight excluding hydrogens is 294 g/mol. The van der Waals surface area contributed by atoms with E-state index in [1.807, 2.05) is 0 Å². The lowest BCUT2D eigenvalue weighted by Crippen LogP contribution is -2.45. The van der Waals surface area contributed by atoms with E-state index in [2.05, 4.69) is 25.1 Å². The number of aromatic nitrogens is 2. The normalized spacial score (nSPS) is 29.3. The van der Waals surface area contributed by atoms with E-state index in [-0.39, 0.29) is 12.1 Å². The van der Waals surface area contributed by atoms with Crippen LogP contribution in [-0.2, 0) is 17.7 Å². The van der Waals surface area contributed by atoms with Gasteiger partial charge in [-0.1, -0.05) is 0 Å². The smallest absolute Gasteiger partial charge is 0.135 e. The second kappa shape index (κ2) is 6.68. The van der Waals surface area contributed by atoms with Crippen LogP contribution in [0.1, 0.15) is 17.7 Å². The van der Waals surface area contributed by atoms with Gasteiger partial charge in [-0.25, -0.2) is 9.97 Å². The first-order valence-electron chi connectivity index (χ1n) is 8.61. The highest BCUT2D eigenvalue weighted by Crippen LogP contribution is 2.24. The molecule has 2 N–H and O–H groups in total. The predicted molar refractivity (Wildman–Crippen MR) is 86.5 cm³/mol. The van der Waals surface area contributed by atoms with Gasteiger partial charge in [-0.05, 0) is 19.4 Å². The van der Waals surface area contributed by atoms with Crippen molar-refractivity contribution >= 4 is 5.82 Å². The Balaban J connectivity index is 1.49. The van der Waals surface area contributed by atoms with Gasteiger partial charge in [0.2, 0.25) is 0 Å². The Hall–Kier alpha value is -1.28. The van der Waals surface area contributed by atoms with Crippen LogP contribution in [-0.4, -0.2) is 78.1 Å². The summed E-state index contributed by atoms with van der Waals surface area (Å²) in [7, 11) is 0. The number of rotatable bonds is 2. The lowest BCUT2D eigenvalue weighted by Gasteiger charge is -2.29. The molecule has 2 saturated heterocycles. The van der Waals surface area contributed by atoms with Crippen LogP contribution in [0.25, 0.3) is 0 Å². The minimum Gasteiger partial charge on any atom is -0.389 e. The molecule has 0 radical (unpaired) electrons. The molecule has 0 spiro atoms. The van der Waals surface area contributed by atoms with Gasteiger partial charge in [-0.3, -0.25) is 4.90 Å². The highest BCUT2D eigenvalue weighted by atomic mass is 16.5. The van der Waals surface area contributed by atoms with Gasteiger partial charge in [-0.2, -0.15) is 0 Å². The zero-order valence-electron chi connectivity index (χ0n) is 13.4. The highest BCUT2D eigenvalue weighted by molar-refractivity contribution is 5.49. The van der Waals surface area contributed by atoms with E-state index in [0.717, 1.165) is 63.6 Å². The van der Waals surface area contributed by atoms with Gasteiger partial charge >= 0.3 is 0 Å². The number of aliphatic hydroxyl groups is 1. The molecule has 3 aliphatic heterocycles. The van der Waals surface area contributed by atoms with Crippen molar-refractivity contribution in [3.8, 4) is 0 Å². The van der Waals surface area contributed by atoms with Gasteiger partial charge in [0.05, 0.1) is 31.1 Å². The molecule has 7 nitrogen and oxygen atoms in total. The first-order chi connectivity index (χ1) is 11.3. The second-order valence-corrected chi connectivity index (χ2v) is 6.60. The minimum absolute atomic E-state index is 0.151. The molecule has 4 heterocycles. The fourth-order valence-electron chi connectivity index (χ4n) is 3.90. The van der Waals surface area contributed by atoms with Crippen LogP contribution in [0, 0.1) is 0 Å². The molecule has 7 heteroatoms. The monoisotopic (exact) mass is 319 g/mol. The average molecular weight is 319 g/mol. The third kappa shape index (κ3) is 3.06. The molecule has 0 bridgehead atoms. The first kappa shape index (κ1) is 15.3. The van der Waals surface area contributed by atoms with Crippen molar-refractivity contribution in [2.24, 2.45) is 0 Å². The summed E-state index contributed by atoms with van der Waals surface area (Å²) in [4.78, 5) is 13.8. The molecule has 0 aliphatic carbocycles. The lowest BCUT2D eigenvalue weighted by molar-refractivity contribution is 0.0859. The number of anilines is 1. The van der Waals surface area contributed by atoms with E-state index in [1.165, 1.54) is 5.56 Å². The molecule has 1 aromatic heterocycles. The minimum atomic E-state index is -0.348. The van der Waals surface area contributed by atoms with Crippen LogP contribution in [0.15, 0.2) is 6.33 Å². The quantitative estimate of drug-likeness (QED) is 0.753. The third-order valence-electron chi connectivity index (χ3n) is 5.18. The van der Waals surface area contributed by atoms with Crippen LogP contribution in [0.5, 0.6) is 0 Å². The molecule has 126 valence electrons. The van der Waals surface area contributed by atoms with Crippen LogP contribution < -0.4 is 10.2 Å². The molecule has 2 fully saturated rings. The predicted octanol–water partition coefficient (Wildman–Crippen LogP) is -0.606. The maximum atomic E-state index is 10.1. The van der Waals surface area contributed by atoms with Crippen LogP contribution in [0.3, 0.4) is 0 Å². The largest absolute Gasteiger partial charge is 0.389 e. The van der Waals surface area contributed by atoms with Gasteiger partial charge in [0.15, 0.2) is 0 Å². The summed E-state index contributed by atoms with van der Waals surface area (Å²) in [5, 5.41) is 13.4. The van der Waals surface area contributed by atoms with Gasteiger partial charge < -0.3 is 20.1 Å². The molecule has 0 amide bonds. The molecule has 0 aromatic carbocycles. The van der Waals surface area contributed by atoms with Crippen LogP contribution in [0.4, 0.5) is 5.82 Å². The topological polar surface area (TPSA) is 73.8 Å². The van der Waals surface area contributed by atoms with E-state index < -0.39 is 0 Å². The molecule has 0 saturated carbocycles. The Morgan fingerprint density at radius 3 is 3.00 bits per heavy atom. The zero-order valence-corrected chi connectivity index (χ0v) is 13.4. The Labute approximate surface area is 136 Å². The van der Waals surface area contributed by atoms with E-state index >= 15 is 0 Å². The fraction of sp³-hybridized carbons (Fsp3) is 0.750. The van der Waals surface area contributed by atoms with E-state index in [4.69, 9.17) is 4.74 Å². The number of fused-ring (bicyclic) bond motifs is 1. The van der Waals surface area contributed by atoms with Crippen molar-refractivity contribution in [3.63, 3.8) is 0 Å². The summed E-state index contributed by atoms with van der Waals surface area (Å²) in [6.45, 7) is 6.87. The van der Waals surface area contributed by atoms with Crippen molar-refractivity contribution in [2.45, 2.75) is 31.5 Å². The van der Waals surface area contributed by atoms with Gasteiger partial charge in [-0.15, -0.1) is 0 Å². The summed E-state index contributed by atoms with van der Waals surface area (Å²) in [5.74, 6) is 1.11. The van der Waals surface area contributed by atoms with Gasteiger partial charge in [0.1, 0.15) is 12.1 Å². The zero-order chi connectivity index (χ0) is 15.6. The average Bonchev–Trinajstić information content (AvgIpc) is 2.87. The Bertz CT molecular complexity index is 555. The van der Waals surface area contributed by atoms with Crippen LogP contribution >= 0.6 is 0 Å². The van der Waals surface area contributed by atoms with E-state index in [9.17, 15) is 5.11 Å². The van der Waals surface area contributed by atoms with E-state index in [0.29, 0.717) is 13.2 Å². The fourth-order valence-corrected chi connectivity index (χ4v) is 3.90. The summed E-state index contributed by atoms with van der Waals surface area (Å²) in [6, 6.07) is 0.151. The summed E-state index contributed by atoms with van der Waals surface area (Å²) < 4.78 is 5.42. The maximum Gasteiger partial charge on any atom is 0.135 e. The summed E-state index contributed by atoms with van der Waals surface area (Å²) in [6.07, 6.45) is 3.43. The van der Waals surface area contributed by atoms with E-state index in [1.54, 1.807) is 6.33 Å². The maximum absolute atomic E-state index is 10.1. The Morgan fingerprint density at radius 2 is 2.13 bits per heavy atom. The van der Waals surface area contributed by atoms with Crippen molar-refractivity contribution in [1.82, 2.24) is 20.2 Å². The highest BCUT2D eigenvalue weighted by Gasteiger charge is 2.33. The first-order valence-corrected chi connectivity index (χ1v) is 8.61. The summed E-state index contributed by atoms with van der Waals surface area (Å²) >= 11 is 0. The van der Waals surface area contributed by atoms with Gasteiger partial charge in [0, 0.05) is 38.3 Å². The number of nitrogens with one attached hydrogen (secondary N) is 1. The number of ether oxygens (including phenoxy) is 1. The number of aliphatic hydroxyl groups excluding tert-OH is 1. The van der Waals surface area contributed by atoms with Crippen molar-refractivity contribution in [1.29, 1.82) is 0 Å². The van der Waals surface area contributed by atoms with Crippen LogP contribution in [0.2, 0.25) is 0 Å². The van der Waals surface area contributed by atoms with Crippen molar-refractivity contribution in [3.05, 3.63) is 17.6 Å². The second-order valence-electron chi connectivity index (χ2n) is 6.60. The number of hydrogen-bond donors (Lipinski definition) is 2. The number of hydrogen-bond acceptors (Lipinski definition) is 7. The van der Waals surface area contributed by atoms with Gasteiger partial charge in [0.25, 0.3) is 0 Å². The standard InChI is InChI=1S/C16H25N5O2/c22-15-10-23-9-14(15)20-4-1-5-21(7-6-20)16-12-2-3-17-8-13(12)18-11-19-16/h11,14-15,17,22H,1-10H2/t14-,15-/m0/s1. The molecule has 1 aromatic rings. The lowest BCUT2D eigenvalue weighted by atomic mass is 10.1. The number of nitrogens with zero attached hydrogens (tertiary/aromatic N) is 4. The molecule has 23 heavy (non-hydrogen) atoms. The molecular formula is C16H25N5O2. The van der Waals surface area contributed by atoms with Crippen molar-refractivity contribution in [2.75, 3.05) is 50.8 Å². The van der Waals surface area contributed by atoms with Crippen molar-refractivity contribution < 1.29 is 9.84 Å². The molecule has 3 aliphatic rings. The Morgan fingerprint density at radius 1 is 1.17 bits per heavy atom. The SMILES string of the molecule is O[C@H]1COC[C@@H]1N1CCCN(c2ncnc3c2CCNC3)CC1. The third-order valence-corrected chi connectivity index (χ3v) is 5.18. The molecule has 4 rings (SSSR count). The molecule has 2 atom stereocenters. The Kier molecular flexibility index (Phi) is 4.43.